The van der Waals surface area contributed by atoms with Crippen LogP contribution in [0.4, 0.5) is 10.2 Å². The molecule has 0 bridgehead atoms. The molecular formula is C20H20FN5O3. The van der Waals surface area contributed by atoms with Gasteiger partial charge in [-0.2, -0.15) is 0 Å². The molecule has 150 valence electrons. The number of hydrogen-bond acceptors (Lipinski definition) is 8. The highest BCUT2D eigenvalue weighted by Gasteiger charge is 2.41. The Morgan fingerprint density at radius 3 is 2.83 bits per heavy atom. The lowest BCUT2D eigenvalue weighted by molar-refractivity contribution is 0.0514. The number of hydrogen-bond donors (Lipinski definition) is 1. The third-order valence-electron chi connectivity index (χ3n) is 5.09. The quantitative estimate of drug-likeness (QED) is 0.605. The number of rotatable bonds is 7. The van der Waals surface area contributed by atoms with E-state index in [9.17, 15) is 9.18 Å². The van der Waals surface area contributed by atoms with E-state index < -0.39 is 5.97 Å². The van der Waals surface area contributed by atoms with Gasteiger partial charge < -0.3 is 14.6 Å². The summed E-state index contributed by atoms with van der Waals surface area (Å²) in [5.74, 6) is 0.0408. The summed E-state index contributed by atoms with van der Waals surface area (Å²) in [6.07, 6.45) is 4.40. The van der Waals surface area contributed by atoms with Gasteiger partial charge >= 0.3 is 5.97 Å². The van der Waals surface area contributed by atoms with Gasteiger partial charge in [0.05, 0.1) is 12.3 Å². The largest absolute Gasteiger partial charge is 0.461 e. The lowest BCUT2D eigenvalue weighted by Crippen LogP contribution is -2.42. The fourth-order valence-electron chi connectivity index (χ4n) is 3.39. The summed E-state index contributed by atoms with van der Waals surface area (Å²) in [6.45, 7) is 2.49. The first-order chi connectivity index (χ1) is 14.1. The summed E-state index contributed by atoms with van der Waals surface area (Å²) in [5, 5.41) is 15.2. The Balaban J connectivity index is 1.44. The first-order valence-electron chi connectivity index (χ1n) is 9.44. The Morgan fingerprint density at radius 2 is 2.17 bits per heavy atom. The van der Waals surface area contributed by atoms with Crippen LogP contribution in [0.15, 0.2) is 41.1 Å². The van der Waals surface area contributed by atoms with Crippen LogP contribution in [-0.4, -0.2) is 39.5 Å². The molecule has 1 fully saturated rings. The van der Waals surface area contributed by atoms with Crippen molar-refractivity contribution >= 4 is 11.8 Å². The third-order valence-corrected chi connectivity index (χ3v) is 5.09. The van der Waals surface area contributed by atoms with Gasteiger partial charge in [0, 0.05) is 24.2 Å². The maximum Gasteiger partial charge on any atom is 0.360 e. The molecule has 1 saturated carbocycles. The molecule has 9 heteroatoms. The van der Waals surface area contributed by atoms with E-state index in [2.05, 4.69) is 25.7 Å². The third kappa shape index (κ3) is 3.80. The molecule has 29 heavy (non-hydrogen) atoms. The van der Waals surface area contributed by atoms with Crippen LogP contribution in [0.2, 0.25) is 0 Å². The van der Waals surface area contributed by atoms with E-state index in [0.717, 1.165) is 19.3 Å². The van der Waals surface area contributed by atoms with E-state index in [1.54, 1.807) is 31.3 Å². The lowest BCUT2D eigenvalue weighted by atomic mass is 9.66. The molecule has 0 aliphatic heterocycles. The second-order valence-electron chi connectivity index (χ2n) is 6.92. The van der Waals surface area contributed by atoms with Gasteiger partial charge in [0.15, 0.2) is 11.5 Å². The van der Waals surface area contributed by atoms with Crippen molar-refractivity contribution in [2.45, 2.75) is 31.6 Å². The number of anilines is 1. The highest BCUT2D eigenvalue weighted by molar-refractivity contribution is 5.88. The SMILES string of the molecule is CCOC(=O)c1cc(-c2ccc(NCC3(c4ncccc4F)CCC3)nn2)on1. The van der Waals surface area contributed by atoms with Gasteiger partial charge in [0.25, 0.3) is 0 Å². The first-order valence-corrected chi connectivity index (χ1v) is 9.44. The number of nitrogens with zero attached hydrogens (tertiary/aromatic N) is 4. The summed E-state index contributed by atoms with van der Waals surface area (Å²) in [4.78, 5) is 15.9. The highest BCUT2D eigenvalue weighted by atomic mass is 19.1. The minimum absolute atomic E-state index is 0.0789. The van der Waals surface area contributed by atoms with Gasteiger partial charge in [-0.25, -0.2) is 9.18 Å². The Bertz CT molecular complexity index is 1000. The summed E-state index contributed by atoms with van der Waals surface area (Å²) >= 11 is 0. The molecule has 1 aliphatic carbocycles. The molecule has 3 aromatic heterocycles. The molecule has 0 saturated heterocycles. The maximum atomic E-state index is 14.2. The number of nitrogens with one attached hydrogen (secondary N) is 1. The van der Waals surface area contributed by atoms with Gasteiger partial charge in [-0.1, -0.05) is 11.6 Å². The molecule has 8 nitrogen and oxygen atoms in total. The minimum Gasteiger partial charge on any atom is -0.461 e. The molecular weight excluding hydrogens is 377 g/mol. The number of esters is 1. The molecule has 0 spiro atoms. The number of carbonyl (C=O) groups is 1. The molecule has 0 atom stereocenters. The van der Waals surface area contributed by atoms with Crippen molar-refractivity contribution in [1.82, 2.24) is 20.3 Å². The van der Waals surface area contributed by atoms with Crippen molar-refractivity contribution in [2.75, 3.05) is 18.5 Å². The molecule has 1 aliphatic rings. The Labute approximate surface area is 166 Å². The molecule has 0 amide bonds. The fourth-order valence-corrected chi connectivity index (χ4v) is 3.39. The molecule has 4 rings (SSSR count). The molecule has 0 aromatic carbocycles. The monoisotopic (exact) mass is 397 g/mol. The Hall–Kier alpha value is -3.36. The van der Waals surface area contributed by atoms with Crippen LogP contribution in [0.3, 0.4) is 0 Å². The average molecular weight is 397 g/mol. The van der Waals surface area contributed by atoms with Crippen molar-refractivity contribution in [3.05, 3.63) is 53.7 Å². The topological polar surface area (TPSA) is 103 Å². The number of pyridine rings is 1. The van der Waals surface area contributed by atoms with Gasteiger partial charge in [-0.15, -0.1) is 10.2 Å². The normalized spacial score (nSPS) is 14.8. The van der Waals surface area contributed by atoms with Crippen LogP contribution >= 0.6 is 0 Å². The number of carbonyl (C=O) groups excluding carboxylic acids is 1. The summed E-state index contributed by atoms with van der Waals surface area (Å²) in [6, 6.07) is 7.95. The van der Waals surface area contributed by atoms with Crippen LogP contribution in [0.5, 0.6) is 0 Å². The van der Waals surface area contributed by atoms with E-state index >= 15 is 0 Å². The van der Waals surface area contributed by atoms with Crippen molar-refractivity contribution in [2.24, 2.45) is 0 Å². The molecule has 1 N–H and O–H groups in total. The van der Waals surface area contributed by atoms with E-state index in [1.807, 2.05) is 0 Å². The molecule has 0 radical (unpaired) electrons. The maximum absolute atomic E-state index is 14.2. The predicted octanol–water partition coefficient (Wildman–Crippen LogP) is 3.38. The lowest BCUT2D eigenvalue weighted by Gasteiger charge is -2.41. The molecule has 3 aromatic rings. The van der Waals surface area contributed by atoms with Gasteiger partial charge in [0.2, 0.25) is 0 Å². The van der Waals surface area contributed by atoms with E-state index in [4.69, 9.17) is 9.26 Å². The zero-order valence-corrected chi connectivity index (χ0v) is 15.9. The Morgan fingerprint density at radius 1 is 1.31 bits per heavy atom. The van der Waals surface area contributed by atoms with Crippen LogP contribution < -0.4 is 5.32 Å². The van der Waals surface area contributed by atoms with Crippen LogP contribution in [0.25, 0.3) is 11.5 Å². The second kappa shape index (κ2) is 7.94. The summed E-state index contributed by atoms with van der Waals surface area (Å²) in [7, 11) is 0. The van der Waals surface area contributed by atoms with Crippen LogP contribution in [0, 0.1) is 5.82 Å². The van der Waals surface area contributed by atoms with Crippen LogP contribution in [-0.2, 0) is 10.2 Å². The fraction of sp³-hybridized carbons (Fsp3) is 0.350. The van der Waals surface area contributed by atoms with E-state index in [-0.39, 0.29) is 23.5 Å². The number of halogens is 1. The van der Waals surface area contributed by atoms with Crippen molar-refractivity contribution < 1.29 is 18.4 Å². The first kappa shape index (κ1) is 19.0. The average Bonchev–Trinajstić information content (AvgIpc) is 3.19. The van der Waals surface area contributed by atoms with E-state index in [0.29, 0.717) is 29.5 Å². The predicted molar refractivity (Wildman–Crippen MR) is 102 cm³/mol. The van der Waals surface area contributed by atoms with Gasteiger partial charge in [-0.05, 0) is 44.0 Å². The number of aromatic nitrogens is 4. The number of ether oxygens (including phenoxy) is 1. The molecule has 0 unspecified atom stereocenters. The zero-order chi connectivity index (χ0) is 20.3. The summed E-state index contributed by atoms with van der Waals surface area (Å²) < 4.78 is 24.2. The van der Waals surface area contributed by atoms with Crippen molar-refractivity contribution in [3.63, 3.8) is 0 Å². The van der Waals surface area contributed by atoms with E-state index in [1.165, 1.54) is 12.1 Å². The molecule has 3 heterocycles. The van der Waals surface area contributed by atoms with Gasteiger partial charge in [0.1, 0.15) is 17.3 Å². The highest BCUT2D eigenvalue weighted by Crippen LogP contribution is 2.43. The van der Waals surface area contributed by atoms with Gasteiger partial charge in [-0.3, -0.25) is 4.98 Å². The smallest absolute Gasteiger partial charge is 0.360 e. The summed E-state index contributed by atoms with van der Waals surface area (Å²) in [5.41, 5.74) is 0.685. The van der Waals surface area contributed by atoms with Crippen LogP contribution in [0.1, 0.15) is 42.4 Å². The standard InChI is InChI=1S/C20H20FN5O3/c1-2-28-19(27)15-11-16(29-26-15)14-6-7-17(25-24-14)23-12-20(8-4-9-20)18-13(21)5-3-10-22-18/h3,5-7,10-11H,2,4,8-9,12H2,1H3,(H,23,25). The van der Waals surface area contributed by atoms with Crippen molar-refractivity contribution in [3.8, 4) is 11.5 Å². The Kier molecular flexibility index (Phi) is 5.20. The minimum atomic E-state index is -0.554. The second-order valence-corrected chi connectivity index (χ2v) is 6.92. The zero-order valence-electron chi connectivity index (χ0n) is 15.9. The van der Waals surface area contributed by atoms with Crippen molar-refractivity contribution in [1.29, 1.82) is 0 Å².